The molecule has 0 spiro atoms. The van der Waals surface area contributed by atoms with Gasteiger partial charge in [0.15, 0.2) is 11.7 Å². The van der Waals surface area contributed by atoms with Crippen LogP contribution in [0.15, 0.2) is 42.6 Å². The molecule has 2 unspecified atom stereocenters. The maximum absolute atomic E-state index is 2.53. The Kier molecular flexibility index (Phi) is 3.88. The SMILES string of the molecule is CCC1(C)c2ccc([N+](C)(C)C)cc2-c2cccc[n+]2C1(C)CC. The lowest BCUT2D eigenvalue weighted by Crippen LogP contribution is -2.67. The fourth-order valence-electron chi connectivity index (χ4n) is 4.42. The fraction of sp³-hybridized carbons (Fsp3) is 0.500. The van der Waals surface area contributed by atoms with Crippen molar-refractivity contribution in [2.45, 2.75) is 51.5 Å². The standard InChI is InChI=1S/C22H32N2/c1-8-21(3)19-14-13-17(24(5,6)7)16-18(19)20-12-10-11-15-23(20)22(21,4)9-2/h10-16H,8-9H2,1-7H3/q+2. The lowest BCUT2D eigenvalue weighted by atomic mass is 9.60. The van der Waals surface area contributed by atoms with Crippen molar-refractivity contribution in [2.75, 3.05) is 21.1 Å². The molecule has 24 heavy (non-hydrogen) atoms. The van der Waals surface area contributed by atoms with Crippen LogP contribution in [0, 0.1) is 0 Å². The number of fused-ring (bicyclic) bond motifs is 3. The first-order chi connectivity index (χ1) is 11.2. The molecule has 0 bridgehead atoms. The molecule has 0 fully saturated rings. The number of pyridine rings is 1. The predicted octanol–water partition coefficient (Wildman–Crippen LogP) is 4.64. The summed E-state index contributed by atoms with van der Waals surface area (Å²) in [6, 6.07) is 13.7. The molecule has 2 heterocycles. The van der Waals surface area contributed by atoms with Crippen LogP contribution in [0.2, 0.25) is 0 Å². The third kappa shape index (κ3) is 2.16. The zero-order chi connectivity index (χ0) is 17.8. The Bertz CT molecular complexity index is 772. The maximum atomic E-state index is 2.53. The van der Waals surface area contributed by atoms with Gasteiger partial charge in [-0.25, -0.2) is 0 Å². The number of hydrogen-bond acceptors (Lipinski definition) is 0. The topological polar surface area (TPSA) is 3.88 Å². The van der Waals surface area contributed by atoms with Gasteiger partial charge in [-0.1, -0.05) is 19.9 Å². The molecule has 0 radical (unpaired) electrons. The van der Waals surface area contributed by atoms with Crippen LogP contribution >= 0.6 is 0 Å². The van der Waals surface area contributed by atoms with Crippen LogP contribution in [0.25, 0.3) is 11.3 Å². The summed E-state index contributed by atoms with van der Waals surface area (Å²) in [5.74, 6) is 0. The van der Waals surface area contributed by atoms with E-state index < -0.39 is 0 Å². The Labute approximate surface area is 147 Å². The second-order valence-corrected chi connectivity index (χ2v) is 8.51. The molecular formula is C22H32N2+2. The van der Waals surface area contributed by atoms with E-state index in [1.165, 1.54) is 22.5 Å². The van der Waals surface area contributed by atoms with Gasteiger partial charge >= 0.3 is 0 Å². The van der Waals surface area contributed by atoms with Gasteiger partial charge in [0.2, 0.25) is 5.69 Å². The van der Waals surface area contributed by atoms with Crippen LogP contribution in [0.5, 0.6) is 0 Å². The zero-order valence-electron chi connectivity index (χ0n) is 16.4. The molecule has 1 aliphatic heterocycles. The minimum absolute atomic E-state index is 0.0868. The Morgan fingerprint density at radius 2 is 1.67 bits per heavy atom. The molecule has 0 N–H and O–H groups in total. The van der Waals surface area contributed by atoms with E-state index in [4.69, 9.17) is 0 Å². The second-order valence-electron chi connectivity index (χ2n) is 8.51. The van der Waals surface area contributed by atoms with Crippen molar-refractivity contribution in [2.24, 2.45) is 0 Å². The van der Waals surface area contributed by atoms with Crippen LogP contribution in [0.4, 0.5) is 5.69 Å². The normalized spacial score (nSPS) is 26.0. The van der Waals surface area contributed by atoms with Crippen LogP contribution < -0.4 is 9.05 Å². The van der Waals surface area contributed by atoms with Crippen molar-refractivity contribution in [3.63, 3.8) is 0 Å². The van der Waals surface area contributed by atoms with Gasteiger partial charge in [0, 0.05) is 31.5 Å². The Morgan fingerprint density at radius 3 is 2.25 bits per heavy atom. The minimum atomic E-state index is 0.0868. The first-order valence-corrected chi connectivity index (χ1v) is 9.17. The summed E-state index contributed by atoms with van der Waals surface area (Å²) in [6.45, 7) is 9.53. The molecule has 2 heteroatoms. The van der Waals surface area contributed by atoms with Gasteiger partial charge in [-0.2, -0.15) is 4.57 Å². The van der Waals surface area contributed by atoms with E-state index in [1.54, 1.807) is 0 Å². The van der Waals surface area contributed by atoms with Gasteiger partial charge in [0.25, 0.3) is 0 Å². The first-order valence-electron chi connectivity index (χ1n) is 9.17. The summed E-state index contributed by atoms with van der Waals surface area (Å²) >= 11 is 0. The Morgan fingerprint density at radius 1 is 0.958 bits per heavy atom. The molecule has 1 aliphatic rings. The second kappa shape index (κ2) is 5.42. The highest BCUT2D eigenvalue weighted by atomic mass is 15.3. The molecule has 3 rings (SSSR count). The molecule has 2 aromatic rings. The molecule has 1 aromatic heterocycles. The number of nitrogens with zero attached hydrogens (tertiary/aromatic N) is 2. The van der Waals surface area contributed by atoms with E-state index in [9.17, 15) is 0 Å². The highest BCUT2D eigenvalue weighted by molar-refractivity contribution is 5.70. The van der Waals surface area contributed by atoms with Crippen molar-refractivity contribution in [3.05, 3.63) is 48.2 Å². The predicted molar refractivity (Wildman–Crippen MR) is 103 cm³/mol. The van der Waals surface area contributed by atoms with Gasteiger partial charge in [0.1, 0.15) is 5.69 Å². The number of hydrogen-bond donors (Lipinski definition) is 0. The van der Waals surface area contributed by atoms with E-state index in [1.807, 2.05) is 0 Å². The van der Waals surface area contributed by atoms with Crippen LogP contribution in [0.3, 0.4) is 0 Å². The van der Waals surface area contributed by atoms with E-state index in [2.05, 4.69) is 96.0 Å². The number of benzene rings is 1. The van der Waals surface area contributed by atoms with Gasteiger partial charge in [-0.15, -0.1) is 0 Å². The minimum Gasteiger partial charge on any atom is -0.298 e. The number of aromatic nitrogens is 1. The first kappa shape index (κ1) is 17.2. The van der Waals surface area contributed by atoms with Gasteiger partial charge in [0.05, 0.1) is 32.1 Å². The van der Waals surface area contributed by atoms with Crippen LogP contribution in [-0.4, -0.2) is 21.1 Å². The summed E-state index contributed by atoms with van der Waals surface area (Å²) in [7, 11) is 6.70. The van der Waals surface area contributed by atoms with Crippen LogP contribution in [0.1, 0.15) is 46.1 Å². The Hall–Kier alpha value is -1.67. The summed E-state index contributed by atoms with van der Waals surface area (Å²) in [6.07, 6.45) is 4.53. The monoisotopic (exact) mass is 324 g/mol. The lowest BCUT2D eigenvalue weighted by molar-refractivity contribution is -0.765. The van der Waals surface area contributed by atoms with Gasteiger partial charge < -0.3 is 0 Å². The molecule has 0 aliphatic carbocycles. The molecule has 128 valence electrons. The maximum Gasteiger partial charge on any atom is 0.213 e. The van der Waals surface area contributed by atoms with Crippen molar-refractivity contribution < 1.29 is 4.57 Å². The number of quaternary nitrogens is 1. The lowest BCUT2D eigenvalue weighted by Gasteiger charge is -2.46. The third-order valence-corrected chi connectivity index (χ3v) is 6.62. The van der Waals surface area contributed by atoms with Gasteiger partial charge in [-0.3, -0.25) is 4.48 Å². The molecule has 0 saturated heterocycles. The van der Waals surface area contributed by atoms with Crippen molar-refractivity contribution in [1.82, 2.24) is 4.48 Å². The summed E-state index contributed by atoms with van der Waals surface area (Å²) in [4.78, 5) is 0. The molecular weight excluding hydrogens is 292 g/mol. The van der Waals surface area contributed by atoms with Crippen LogP contribution in [-0.2, 0) is 11.0 Å². The highest BCUT2D eigenvalue weighted by Gasteiger charge is 2.56. The molecule has 2 atom stereocenters. The van der Waals surface area contributed by atoms with E-state index >= 15 is 0 Å². The smallest absolute Gasteiger partial charge is 0.213 e. The Balaban J connectivity index is 2.39. The molecule has 2 nitrogen and oxygen atoms in total. The van der Waals surface area contributed by atoms with Crippen molar-refractivity contribution >= 4 is 5.69 Å². The van der Waals surface area contributed by atoms with E-state index in [0.717, 1.165) is 17.3 Å². The highest BCUT2D eigenvalue weighted by Crippen LogP contribution is 2.50. The van der Waals surface area contributed by atoms with E-state index in [-0.39, 0.29) is 11.0 Å². The van der Waals surface area contributed by atoms with Gasteiger partial charge in [-0.05, 0) is 31.0 Å². The number of rotatable bonds is 3. The van der Waals surface area contributed by atoms with Crippen molar-refractivity contribution in [3.8, 4) is 11.3 Å². The quantitative estimate of drug-likeness (QED) is 0.572. The summed E-state index contributed by atoms with van der Waals surface area (Å²) < 4.78 is 3.37. The molecule has 0 amide bonds. The molecule has 1 aromatic carbocycles. The van der Waals surface area contributed by atoms with Crippen molar-refractivity contribution in [1.29, 1.82) is 0 Å². The third-order valence-electron chi connectivity index (χ3n) is 6.62. The molecule has 0 saturated carbocycles. The fourth-order valence-corrected chi connectivity index (χ4v) is 4.42. The summed E-state index contributed by atoms with van der Waals surface area (Å²) in [5, 5.41) is 0. The average Bonchev–Trinajstić information content (AvgIpc) is 2.58. The summed E-state index contributed by atoms with van der Waals surface area (Å²) in [5.41, 5.74) is 5.80. The van der Waals surface area contributed by atoms with E-state index in [0.29, 0.717) is 0 Å². The zero-order valence-corrected chi connectivity index (χ0v) is 16.4. The largest absolute Gasteiger partial charge is 0.298 e. The average molecular weight is 325 g/mol.